The summed E-state index contributed by atoms with van der Waals surface area (Å²) in [5, 5.41) is 5.98. The molecule has 0 radical (unpaired) electrons. The maximum atomic E-state index is 11.8. The van der Waals surface area contributed by atoms with Gasteiger partial charge in [0.1, 0.15) is 0 Å². The van der Waals surface area contributed by atoms with Gasteiger partial charge >= 0.3 is 0 Å². The van der Waals surface area contributed by atoms with Gasteiger partial charge in [-0.1, -0.05) is 0 Å². The predicted molar refractivity (Wildman–Crippen MR) is 69.2 cm³/mol. The second kappa shape index (κ2) is 6.14. The van der Waals surface area contributed by atoms with E-state index in [0.717, 1.165) is 12.8 Å². The highest BCUT2D eigenvalue weighted by molar-refractivity contribution is 6.05. The first-order chi connectivity index (χ1) is 9.11. The molecule has 2 fully saturated rings. The van der Waals surface area contributed by atoms with Crippen LogP contribution in [0, 0.1) is 0 Å². The first kappa shape index (κ1) is 14.0. The van der Waals surface area contributed by atoms with E-state index in [1.54, 1.807) is 6.92 Å². The minimum atomic E-state index is -0.404. The molecule has 106 valence electrons. The lowest BCUT2D eigenvalue weighted by Crippen LogP contribution is -2.39. The molecule has 0 spiro atoms. The van der Waals surface area contributed by atoms with Crippen LogP contribution < -0.4 is 10.6 Å². The van der Waals surface area contributed by atoms with Crippen molar-refractivity contribution in [1.82, 2.24) is 15.5 Å². The molecule has 6 heteroatoms. The van der Waals surface area contributed by atoms with Crippen LogP contribution in [0.3, 0.4) is 0 Å². The molecule has 1 heterocycles. The van der Waals surface area contributed by atoms with Gasteiger partial charge < -0.3 is 10.6 Å². The average molecular weight is 267 g/mol. The summed E-state index contributed by atoms with van der Waals surface area (Å²) in [6.07, 6.45) is 3.57. The fourth-order valence-electron chi connectivity index (χ4n) is 2.23. The number of carbonyl (C=O) groups is 3. The molecule has 19 heavy (non-hydrogen) atoms. The monoisotopic (exact) mass is 267 g/mol. The van der Waals surface area contributed by atoms with Gasteiger partial charge in [-0.15, -0.1) is 0 Å². The van der Waals surface area contributed by atoms with E-state index in [-0.39, 0.29) is 24.1 Å². The molecule has 0 aromatic heterocycles. The highest BCUT2D eigenvalue weighted by Crippen LogP contribution is 2.18. The van der Waals surface area contributed by atoms with E-state index in [4.69, 9.17) is 0 Å². The van der Waals surface area contributed by atoms with Gasteiger partial charge in [0.2, 0.25) is 17.7 Å². The van der Waals surface area contributed by atoms with E-state index >= 15 is 0 Å². The second-order valence-electron chi connectivity index (χ2n) is 5.13. The van der Waals surface area contributed by atoms with Crippen molar-refractivity contribution < 1.29 is 14.4 Å². The summed E-state index contributed by atoms with van der Waals surface area (Å²) >= 11 is 0. The summed E-state index contributed by atoms with van der Waals surface area (Å²) in [5.41, 5.74) is 0. The van der Waals surface area contributed by atoms with Crippen LogP contribution in [0.2, 0.25) is 0 Å². The summed E-state index contributed by atoms with van der Waals surface area (Å²) in [6.45, 7) is 2.80. The van der Waals surface area contributed by atoms with Crippen molar-refractivity contribution in [1.29, 1.82) is 0 Å². The minimum Gasteiger partial charge on any atom is -0.353 e. The van der Waals surface area contributed by atoms with Crippen LogP contribution in [-0.4, -0.2) is 47.8 Å². The molecule has 1 aliphatic carbocycles. The summed E-state index contributed by atoms with van der Waals surface area (Å²) in [5.74, 6) is -0.181. The Morgan fingerprint density at radius 1 is 1.37 bits per heavy atom. The van der Waals surface area contributed by atoms with Gasteiger partial charge in [0.05, 0.1) is 12.5 Å². The fraction of sp³-hybridized carbons (Fsp3) is 0.769. The zero-order valence-electron chi connectivity index (χ0n) is 11.3. The summed E-state index contributed by atoms with van der Waals surface area (Å²) in [6, 6.07) is -0.00783. The van der Waals surface area contributed by atoms with Gasteiger partial charge in [-0.25, -0.2) is 0 Å². The van der Waals surface area contributed by atoms with E-state index in [0.29, 0.717) is 32.0 Å². The second-order valence-corrected chi connectivity index (χ2v) is 5.13. The van der Waals surface area contributed by atoms with E-state index in [2.05, 4.69) is 10.6 Å². The Hall–Kier alpha value is -1.43. The number of likely N-dealkylation sites (N-methyl/N-ethyl adjacent to an activating group) is 1. The Balaban J connectivity index is 1.61. The number of hydrogen-bond acceptors (Lipinski definition) is 4. The summed E-state index contributed by atoms with van der Waals surface area (Å²) in [4.78, 5) is 36.0. The maximum absolute atomic E-state index is 11.8. The number of nitrogens with one attached hydrogen (secondary N) is 2. The topological polar surface area (TPSA) is 78.5 Å². The maximum Gasteiger partial charge on any atom is 0.246 e. The Bertz CT molecular complexity index is 379. The van der Waals surface area contributed by atoms with Crippen molar-refractivity contribution in [3.8, 4) is 0 Å². The van der Waals surface area contributed by atoms with Crippen LogP contribution in [0.25, 0.3) is 0 Å². The van der Waals surface area contributed by atoms with E-state index in [1.807, 2.05) is 0 Å². The van der Waals surface area contributed by atoms with E-state index in [9.17, 15) is 14.4 Å². The third-order valence-corrected chi connectivity index (χ3v) is 3.47. The molecule has 1 aliphatic heterocycles. The van der Waals surface area contributed by atoms with Gasteiger partial charge in [0.25, 0.3) is 0 Å². The van der Waals surface area contributed by atoms with Crippen molar-refractivity contribution in [2.24, 2.45) is 0 Å². The lowest BCUT2D eigenvalue weighted by atomic mass is 10.2. The first-order valence-electron chi connectivity index (χ1n) is 6.98. The number of amides is 3. The minimum absolute atomic E-state index is 0.0771. The standard InChI is InChI=1S/C13H21N3O3/c1-2-16-12(18)8-10(13(16)19)14-7-3-4-11(17)15-9-5-6-9/h9-10,14H,2-8H2,1H3,(H,15,17). The molecule has 1 unspecified atom stereocenters. The molecule has 1 saturated heterocycles. The molecule has 2 rings (SSSR count). The molecule has 0 aromatic rings. The molecule has 0 aromatic carbocycles. The Labute approximate surface area is 112 Å². The molecule has 2 N–H and O–H groups in total. The van der Waals surface area contributed by atoms with Crippen LogP contribution in [0.4, 0.5) is 0 Å². The molecule has 0 bridgehead atoms. The van der Waals surface area contributed by atoms with Crippen molar-refractivity contribution in [3.63, 3.8) is 0 Å². The van der Waals surface area contributed by atoms with Crippen LogP contribution in [-0.2, 0) is 14.4 Å². The third-order valence-electron chi connectivity index (χ3n) is 3.47. The Morgan fingerprint density at radius 2 is 2.11 bits per heavy atom. The first-order valence-corrected chi connectivity index (χ1v) is 6.98. The number of imide groups is 1. The molecule has 2 aliphatic rings. The highest BCUT2D eigenvalue weighted by atomic mass is 16.2. The van der Waals surface area contributed by atoms with Crippen LogP contribution in [0.5, 0.6) is 0 Å². The fourth-order valence-corrected chi connectivity index (χ4v) is 2.23. The van der Waals surface area contributed by atoms with Gasteiger partial charge in [-0.3, -0.25) is 19.3 Å². The molecule has 6 nitrogen and oxygen atoms in total. The number of likely N-dealkylation sites (tertiary alicyclic amines) is 1. The predicted octanol–water partition coefficient (Wildman–Crippen LogP) is -0.218. The van der Waals surface area contributed by atoms with E-state index in [1.165, 1.54) is 4.90 Å². The number of carbonyl (C=O) groups excluding carboxylic acids is 3. The zero-order chi connectivity index (χ0) is 13.8. The highest BCUT2D eigenvalue weighted by Gasteiger charge is 2.36. The van der Waals surface area contributed by atoms with Gasteiger partial charge in [0.15, 0.2) is 0 Å². The van der Waals surface area contributed by atoms with Crippen LogP contribution >= 0.6 is 0 Å². The lowest BCUT2D eigenvalue weighted by Gasteiger charge is -2.12. The smallest absolute Gasteiger partial charge is 0.246 e. The van der Waals surface area contributed by atoms with E-state index < -0.39 is 6.04 Å². The SMILES string of the molecule is CCN1C(=O)CC(NCCCC(=O)NC2CC2)C1=O. The Morgan fingerprint density at radius 3 is 2.68 bits per heavy atom. The normalized spacial score (nSPS) is 23.0. The average Bonchev–Trinajstić information content (AvgIpc) is 3.12. The molecular weight excluding hydrogens is 246 g/mol. The molecule has 1 saturated carbocycles. The van der Waals surface area contributed by atoms with Crippen molar-refractivity contribution in [3.05, 3.63) is 0 Å². The number of nitrogens with zero attached hydrogens (tertiary/aromatic N) is 1. The van der Waals surface area contributed by atoms with Crippen molar-refractivity contribution >= 4 is 17.7 Å². The van der Waals surface area contributed by atoms with Crippen molar-refractivity contribution in [2.45, 2.75) is 51.1 Å². The lowest BCUT2D eigenvalue weighted by molar-refractivity contribution is -0.138. The third kappa shape index (κ3) is 3.76. The summed E-state index contributed by atoms with van der Waals surface area (Å²) < 4.78 is 0. The molecule has 1 atom stereocenters. The number of rotatable bonds is 7. The quantitative estimate of drug-likeness (QED) is 0.494. The van der Waals surface area contributed by atoms with Gasteiger partial charge in [-0.2, -0.15) is 0 Å². The zero-order valence-corrected chi connectivity index (χ0v) is 11.3. The van der Waals surface area contributed by atoms with Crippen LogP contribution in [0.1, 0.15) is 39.0 Å². The molecular formula is C13H21N3O3. The van der Waals surface area contributed by atoms with Crippen molar-refractivity contribution in [2.75, 3.05) is 13.1 Å². The summed E-state index contributed by atoms with van der Waals surface area (Å²) in [7, 11) is 0. The number of hydrogen-bond donors (Lipinski definition) is 2. The van der Waals surface area contributed by atoms with Crippen LogP contribution in [0.15, 0.2) is 0 Å². The molecule has 3 amide bonds. The van der Waals surface area contributed by atoms with Gasteiger partial charge in [0, 0.05) is 19.0 Å². The van der Waals surface area contributed by atoms with Gasteiger partial charge in [-0.05, 0) is 32.7 Å². The largest absolute Gasteiger partial charge is 0.353 e. The Kier molecular flexibility index (Phi) is 4.52.